The molecule has 0 amide bonds. The molecule has 1 saturated heterocycles. The van der Waals surface area contributed by atoms with Gasteiger partial charge in [0.05, 0.1) is 11.6 Å². The van der Waals surface area contributed by atoms with E-state index in [9.17, 15) is 0 Å². The Morgan fingerprint density at radius 1 is 1.36 bits per heavy atom. The molecule has 3 rings (SSSR count). The van der Waals surface area contributed by atoms with Gasteiger partial charge in [-0.25, -0.2) is 9.97 Å². The Morgan fingerprint density at radius 2 is 2.20 bits per heavy atom. The first-order valence-corrected chi connectivity index (χ1v) is 8.51. The van der Waals surface area contributed by atoms with Crippen LogP contribution >= 0.6 is 24.0 Å². The quantitative estimate of drug-likeness (QED) is 0.314. The van der Waals surface area contributed by atoms with Gasteiger partial charge in [0.1, 0.15) is 12.1 Å². The molecular formula is C16H27IN8. The number of aliphatic imine (C=N–C) groups is 1. The molecule has 3 heterocycles. The van der Waals surface area contributed by atoms with Gasteiger partial charge in [-0.15, -0.1) is 24.0 Å². The Bertz CT molecular complexity index is 713. The number of piperidine rings is 1. The van der Waals surface area contributed by atoms with E-state index in [0.29, 0.717) is 0 Å². The van der Waals surface area contributed by atoms with Crippen LogP contribution in [0.15, 0.2) is 17.5 Å². The summed E-state index contributed by atoms with van der Waals surface area (Å²) in [5, 5.41) is 12.0. The van der Waals surface area contributed by atoms with Gasteiger partial charge in [-0.05, 0) is 18.8 Å². The molecule has 1 unspecified atom stereocenters. The van der Waals surface area contributed by atoms with E-state index in [2.05, 4.69) is 42.5 Å². The second-order valence-electron chi connectivity index (χ2n) is 6.32. The van der Waals surface area contributed by atoms with Crippen molar-refractivity contribution in [1.82, 2.24) is 30.0 Å². The van der Waals surface area contributed by atoms with Crippen LogP contribution in [0.4, 0.5) is 5.82 Å². The molecule has 2 aromatic heterocycles. The predicted octanol–water partition coefficient (Wildman–Crippen LogP) is 1.70. The van der Waals surface area contributed by atoms with Gasteiger partial charge in [0.25, 0.3) is 0 Å². The number of hydrogen-bond acceptors (Lipinski definition) is 5. The van der Waals surface area contributed by atoms with E-state index >= 15 is 0 Å². The Kier molecular flexibility index (Phi) is 7.21. The number of nitrogens with one attached hydrogen (secondary N) is 2. The first-order chi connectivity index (χ1) is 11.7. The number of aromatic nitrogens is 4. The van der Waals surface area contributed by atoms with Gasteiger partial charge in [0.2, 0.25) is 0 Å². The van der Waals surface area contributed by atoms with E-state index in [1.54, 1.807) is 17.2 Å². The monoisotopic (exact) mass is 458 g/mol. The highest BCUT2D eigenvalue weighted by Crippen LogP contribution is 2.17. The molecule has 1 aliphatic heterocycles. The van der Waals surface area contributed by atoms with Crippen LogP contribution < -0.4 is 10.6 Å². The predicted molar refractivity (Wildman–Crippen MR) is 112 cm³/mol. The number of aryl methyl sites for hydroxylation is 1. The fraction of sp³-hybridized carbons (Fsp3) is 0.625. The standard InChI is InChI=1S/C16H26N8.HI/c1-12-5-4-8-24(10-12)16(17-2)19-7-6-18-14-13-9-22-23(3)15(13)21-11-20-14;/h9,11-12H,4-8,10H2,1-3H3,(H,17,19)(H,18,20,21);1H. The SMILES string of the molecule is CN=C(NCCNc1ncnc2c1cnn2C)N1CCCC(C)C1.I. The summed E-state index contributed by atoms with van der Waals surface area (Å²) in [5.41, 5.74) is 0.832. The maximum absolute atomic E-state index is 4.41. The summed E-state index contributed by atoms with van der Waals surface area (Å²) >= 11 is 0. The van der Waals surface area contributed by atoms with E-state index < -0.39 is 0 Å². The zero-order valence-corrected chi connectivity index (χ0v) is 17.4. The lowest BCUT2D eigenvalue weighted by Gasteiger charge is -2.33. The Balaban J connectivity index is 0.00000225. The highest BCUT2D eigenvalue weighted by Gasteiger charge is 2.18. The molecule has 138 valence electrons. The smallest absolute Gasteiger partial charge is 0.193 e. The lowest BCUT2D eigenvalue weighted by Crippen LogP contribution is -2.47. The van der Waals surface area contributed by atoms with Gasteiger partial charge in [0.15, 0.2) is 11.6 Å². The lowest BCUT2D eigenvalue weighted by molar-refractivity contribution is 0.266. The first kappa shape index (κ1) is 19.7. The molecule has 8 nitrogen and oxygen atoms in total. The van der Waals surface area contributed by atoms with Crippen LogP contribution in [0.1, 0.15) is 19.8 Å². The number of guanidine groups is 1. The fourth-order valence-electron chi connectivity index (χ4n) is 3.17. The van der Waals surface area contributed by atoms with Gasteiger partial charge in [-0.1, -0.05) is 6.92 Å². The van der Waals surface area contributed by atoms with Crippen molar-refractivity contribution in [3.8, 4) is 0 Å². The normalized spacial score (nSPS) is 18.1. The minimum atomic E-state index is 0. The largest absolute Gasteiger partial charge is 0.368 e. The van der Waals surface area contributed by atoms with Gasteiger partial charge < -0.3 is 15.5 Å². The topological polar surface area (TPSA) is 83.3 Å². The van der Waals surface area contributed by atoms with Crippen LogP contribution in [0, 0.1) is 5.92 Å². The highest BCUT2D eigenvalue weighted by atomic mass is 127. The van der Waals surface area contributed by atoms with Crippen LogP contribution in [0.5, 0.6) is 0 Å². The third kappa shape index (κ3) is 4.71. The molecule has 9 heteroatoms. The number of nitrogens with zero attached hydrogens (tertiary/aromatic N) is 6. The van der Waals surface area contributed by atoms with Crippen molar-refractivity contribution in [1.29, 1.82) is 0 Å². The van der Waals surface area contributed by atoms with Gasteiger partial charge in [-0.3, -0.25) is 9.67 Å². The number of likely N-dealkylation sites (tertiary alicyclic amines) is 1. The van der Waals surface area contributed by atoms with E-state index in [1.807, 2.05) is 14.1 Å². The lowest BCUT2D eigenvalue weighted by atomic mass is 10.0. The molecule has 1 atom stereocenters. The summed E-state index contributed by atoms with van der Waals surface area (Å²) in [6, 6.07) is 0. The summed E-state index contributed by atoms with van der Waals surface area (Å²) in [6.07, 6.45) is 5.90. The highest BCUT2D eigenvalue weighted by molar-refractivity contribution is 14.0. The minimum absolute atomic E-state index is 0. The zero-order valence-electron chi connectivity index (χ0n) is 15.1. The second-order valence-corrected chi connectivity index (χ2v) is 6.32. The van der Waals surface area contributed by atoms with Crippen molar-refractivity contribution in [3.05, 3.63) is 12.5 Å². The van der Waals surface area contributed by atoms with Crippen LogP contribution in [0.3, 0.4) is 0 Å². The molecule has 2 aromatic rings. The number of halogens is 1. The van der Waals surface area contributed by atoms with Crippen molar-refractivity contribution < 1.29 is 0 Å². The molecule has 1 fully saturated rings. The van der Waals surface area contributed by atoms with E-state index in [4.69, 9.17) is 0 Å². The van der Waals surface area contributed by atoms with Crippen molar-refractivity contribution in [2.45, 2.75) is 19.8 Å². The van der Waals surface area contributed by atoms with Crippen LogP contribution in [0.25, 0.3) is 11.0 Å². The molecule has 25 heavy (non-hydrogen) atoms. The van der Waals surface area contributed by atoms with Crippen molar-refractivity contribution in [2.75, 3.05) is 38.5 Å². The van der Waals surface area contributed by atoms with Crippen LogP contribution in [-0.4, -0.2) is 63.8 Å². The molecule has 0 spiro atoms. The summed E-state index contributed by atoms with van der Waals surface area (Å²) in [6.45, 7) is 6.00. The summed E-state index contributed by atoms with van der Waals surface area (Å²) in [5.74, 6) is 2.53. The molecular weight excluding hydrogens is 431 g/mol. The maximum atomic E-state index is 4.41. The van der Waals surface area contributed by atoms with Crippen molar-refractivity contribution in [3.63, 3.8) is 0 Å². The number of hydrogen-bond donors (Lipinski definition) is 2. The third-order valence-electron chi connectivity index (χ3n) is 4.40. The molecule has 0 radical (unpaired) electrons. The van der Waals surface area contributed by atoms with Crippen LogP contribution in [0.2, 0.25) is 0 Å². The summed E-state index contributed by atoms with van der Waals surface area (Å²) < 4.78 is 1.75. The third-order valence-corrected chi connectivity index (χ3v) is 4.40. The average molecular weight is 458 g/mol. The van der Waals surface area contributed by atoms with Crippen molar-refractivity contribution in [2.24, 2.45) is 18.0 Å². The molecule has 1 aliphatic rings. The van der Waals surface area contributed by atoms with Gasteiger partial charge in [-0.2, -0.15) is 5.10 Å². The Labute approximate surface area is 165 Å². The number of fused-ring (bicyclic) bond motifs is 1. The van der Waals surface area contributed by atoms with E-state index in [1.165, 1.54) is 12.8 Å². The van der Waals surface area contributed by atoms with Gasteiger partial charge >= 0.3 is 0 Å². The summed E-state index contributed by atoms with van der Waals surface area (Å²) in [7, 11) is 3.73. The molecule has 2 N–H and O–H groups in total. The molecule has 0 aromatic carbocycles. The number of rotatable bonds is 4. The van der Waals surface area contributed by atoms with E-state index in [-0.39, 0.29) is 24.0 Å². The molecule has 0 aliphatic carbocycles. The average Bonchev–Trinajstić information content (AvgIpc) is 2.97. The Hall–Kier alpha value is -1.65. The first-order valence-electron chi connectivity index (χ1n) is 8.51. The van der Waals surface area contributed by atoms with Crippen molar-refractivity contribution >= 4 is 46.8 Å². The van der Waals surface area contributed by atoms with E-state index in [0.717, 1.165) is 54.9 Å². The molecule has 0 bridgehead atoms. The fourth-order valence-corrected chi connectivity index (χ4v) is 3.17. The maximum Gasteiger partial charge on any atom is 0.193 e. The second kappa shape index (κ2) is 9.16. The number of anilines is 1. The summed E-state index contributed by atoms with van der Waals surface area (Å²) in [4.78, 5) is 15.3. The van der Waals surface area contributed by atoms with Crippen LogP contribution in [-0.2, 0) is 7.05 Å². The minimum Gasteiger partial charge on any atom is -0.368 e. The van der Waals surface area contributed by atoms with Gasteiger partial charge in [0, 0.05) is 40.3 Å². The molecule has 0 saturated carbocycles. The Morgan fingerprint density at radius 3 is 2.96 bits per heavy atom. The zero-order chi connectivity index (χ0) is 16.9.